The van der Waals surface area contributed by atoms with Crippen molar-refractivity contribution in [2.45, 2.75) is 44.7 Å². The van der Waals surface area contributed by atoms with E-state index in [1.807, 2.05) is 0 Å². The third kappa shape index (κ3) is 5.77. The molecular weight excluding hydrogens is 260 g/mol. The Morgan fingerprint density at radius 3 is 2.81 bits per heavy atom. The Hall–Kier alpha value is -0.900. The highest BCUT2D eigenvalue weighted by Gasteiger charge is 2.21. The number of methoxy groups -OCH3 is 1. The number of aryl methyl sites for hydroxylation is 1. The molecule has 1 aliphatic heterocycles. The van der Waals surface area contributed by atoms with E-state index in [2.05, 4.69) is 47.5 Å². The lowest BCUT2D eigenvalue weighted by Crippen LogP contribution is -2.44. The number of ether oxygens (including phenoxy) is 1. The molecule has 1 aliphatic rings. The SMILES string of the molecule is COCCN(CC1CCCN1)C(C)CCc1ccccc1. The van der Waals surface area contributed by atoms with Gasteiger partial charge in [-0.25, -0.2) is 0 Å². The lowest BCUT2D eigenvalue weighted by atomic mass is 10.0. The molecule has 1 fully saturated rings. The molecule has 21 heavy (non-hydrogen) atoms. The van der Waals surface area contributed by atoms with Gasteiger partial charge in [0.05, 0.1) is 6.61 Å². The second-order valence-corrected chi connectivity index (χ2v) is 6.15. The van der Waals surface area contributed by atoms with Gasteiger partial charge in [0.1, 0.15) is 0 Å². The topological polar surface area (TPSA) is 24.5 Å². The quantitative estimate of drug-likeness (QED) is 0.757. The van der Waals surface area contributed by atoms with Crippen molar-refractivity contribution in [2.24, 2.45) is 0 Å². The van der Waals surface area contributed by atoms with Crippen molar-refractivity contribution in [3.8, 4) is 0 Å². The summed E-state index contributed by atoms with van der Waals surface area (Å²) in [6, 6.07) is 12.1. The summed E-state index contributed by atoms with van der Waals surface area (Å²) in [6.07, 6.45) is 5.00. The summed E-state index contributed by atoms with van der Waals surface area (Å²) < 4.78 is 5.29. The molecule has 3 nitrogen and oxygen atoms in total. The van der Waals surface area contributed by atoms with Gasteiger partial charge in [0.15, 0.2) is 0 Å². The first kappa shape index (κ1) is 16.5. The van der Waals surface area contributed by atoms with Gasteiger partial charge in [0, 0.05) is 32.3 Å². The fraction of sp³-hybridized carbons (Fsp3) is 0.667. The minimum atomic E-state index is 0.600. The minimum Gasteiger partial charge on any atom is -0.383 e. The Morgan fingerprint density at radius 1 is 1.33 bits per heavy atom. The van der Waals surface area contributed by atoms with Crippen LogP contribution in [0.25, 0.3) is 0 Å². The van der Waals surface area contributed by atoms with Crippen LogP contribution in [0.15, 0.2) is 30.3 Å². The molecule has 0 aliphatic carbocycles. The van der Waals surface area contributed by atoms with E-state index >= 15 is 0 Å². The standard InChI is InChI=1S/C18H30N2O/c1-16(10-11-17-7-4-3-5-8-17)20(13-14-21-2)15-18-9-6-12-19-18/h3-5,7-8,16,18-19H,6,9-15H2,1-2H3. The lowest BCUT2D eigenvalue weighted by molar-refractivity contribution is 0.114. The number of nitrogens with zero attached hydrogens (tertiary/aromatic N) is 1. The summed E-state index contributed by atoms with van der Waals surface area (Å²) in [5, 5.41) is 3.61. The monoisotopic (exact) mass is 290 g/mol. The second kappa shape index (κ2) is 9.19. The van der Waals surface area contributed by atoms with Gasteiger partial charge in [-0.1, -0.05) is 30.3 Å². The van der Waals surface area contributed by atoms with Crippen molar-refractivity contribution in [2.75, 3.05) is 33.4 Å². The highest BCUT2D eigenvalue weighted by Crippen LogP contribution is 2.13. The van der Waals surface area contributed by atoms with Crippen LogP contribution in [-0.2, 0) is 11.2 Å². The first-order chi connectivity index (χ1) is 10.3. The Morgan fingerprint density at radius 2 is 2.14 bits per heavy atom. The van der Waals surface area contributed by atoms with Crippen LogP contribution < -0.4 is 5.32 Å². The van der Waals surface area contributed by atoms with Crippen molar-refractivity contribution in [1.82, 2.24) is 10.2 Å². The third-order valence-electron chi connectivity index (χ3n) is 4.52. The van der Waals surface area contributed by atoms with Gasteiger partial charge in [-0.15, -0.1) is 0 Å². The van der Waals surface area contributed by atoms with E-state index in [0.29, 0.717) is 12.1 Å². The maximum atomic E-state index is 5.29. The van der Waals surface area contributed by atoms with Crippen molar-refractivity contribution in [1.29, 1.82) is 0 Å². The van der Waals surface area contributed by atoms with E-state index < -0.39 is 0 Å². The van der Waals surface area contributed by atoms with E-state index in [4.69, 9.17) is 4.74 Å². The van der Waals surface area contributed by atoms with E-state index in [1.54, 1.807) is 7.11 Å². The molecule has 1 aromatic rings. The maximum absolute atomic E-state index is 5.29. The molecule has 0 bridgehead atoms. The number of benzene rings is 1. The molecule has 0 radical (unpaired) electrons. The van der Waals surface area contributed by atoms with Gasteiger partial charge in [-0.3, -0.25) is 4.90 Å². The van der Waals surface area contributed by atoms with Gasteiger partial charge < -0.3 is 10.1 Å². The molecule has 0 amide bonds. The second-order valence-electron chi connectivity index (χ2n) is 6.15. The molecule has 118 valence electrons. The lowest BCUT2D eigenvalue weighted by Gasteiger charge is -2.31. The molecule has 0 spiro atoms. The number of rotatable bonds is 9. The van der Waals surface area contributed by atoms with Crippen LogP contribution >= 0.6 is 0 Å². The molecule has 3 heteroatoms. The summed E-state index contributed by atoms with van der Waals surface area (Å²) in [7, 11) is 1.79. The molecule has 1 N–H and O–H groups in total. The Labute approximate surface area is 129 Å². The molecular formula is C18H30N2O. The molecule has 0 aromatic heterocycles. The first-order valence-corrected chi connectivity index (χ1v) is 8.30. The van der Waals surface area contributed by atoms with Crippen LogP contribution in [0.1, 0.15) is 31.7 Å². The summed E-state index contributed by atoms with van der Waals surface area (Å²) in [5.41, 5.74) is 1.44. The summed E-state index contributed by atoms with van der Waals surface area (Å²) >= 11 is 0. The van der Waals surface area contributed by atoms with E-state index in [-0.39, 0.29) is 0 Å². The van der Waals surface area contributed by atoms with Gasteiger partial charge >= 0.3 is 0 Å². The smallest absolute Gasteiger partial charge is 0.0589 e. The fourth-order valence-electron chi connectivity index (χ4n) is 3.10. The Bertz CT molecular complexity index is 376. The average molecular weight is 290 g/mol. The molecule has 1 aromatic carbocycles. The normalized spacial score (nSPS) is 20.0. The highest BCUT2D eigenvalue weighted by atomic mass is 16.5. The number of hydrogen-bond acceptors (Lipinski definition) is 3. The van der Waals surface area contributed by atoms with Crippen LogP contribution in [0.5, 0.6) is 0 Å². The predicted molar refractivity (Wildman–Crippen MR) is 88.7 cm³/mol. The van der Waals surface area contributed by atoms with E-state index in [1.165, 1.54) is 31.4 Å². The fourth-order valence-corrected chi connectivity index (χ4v) is 3.10. The third-order valence-corrected chi connectivity index (χ3v) is 4.52. The first-order valence-electron chi connectivity index (χ1n) is 8.30. The van der Waals surface area contributed by atoms with Crippen molar-refractivity contribution in [3.63, 3.8) is 0 Å². The van der Waals surface area contributed by atoms with Crippen LogP contribution in [0.2, 0.25) is 0 Å². The van der Waals surface area contributed by atoms with Gasteiger partial charge in [0.25, 0.3) is 0 Å². The van der Waals surface area contributed by atoms with Crippen molar-refractivity contribution < 1.29 is 4.74 Å². The van der Waals surface area contributed by atoms with E-state index in [0.717, 1.165) is 26.1 Å². The average Bonchev–Trinajstić information content (AvgIpc) is 3.03. The number of nitrogens with one attached hydrogen (secondary N) is 1. The van der Waals surface area contributed by atoms with Crippen molar-refractivity contribution >= 4 is 0 Å². The molecule has 1 saturated heterocycles. The van der Waals surface area contributed by atoms with Gasteiger partial charge in [-0.2, -0.15) is 0 Å². The van der Waals surface area contributed by atoms with Crippen LogP contribution in [0.3, 0.4) is 0 Å². The zero-order valence-electron chi connectivity index (χ0n) is 13.6. The Balaban J connectivity index is 1.82. The summed E-state index contributed by atoms with van der Waals surface area (Å²) in [6.45, 7) is 6.54. The molecule has 1 heterocycles. The maximum Gasteiger partial charge on any atom is 0.0589 e. The molecule has 2 atom stereocenters. The Kier molecular flexibility index (Phi) is 7.20. The van der Waals surface area contributed by atoms with E-state index in [9.17, 15) is 0 Å². The van der Waals surface area contributed by atoms with Crippen LogP contribution in [0, 0.1) is 0 Å². The molecule has 2 unspecified atom stereocenters. The molecule has 2 rings (SSSR count). The van der Waals surface area contributed by atoms with Gasteiger partial charge in [-0.05, 0) is 44.7 Å². The minimum absolute atomic E-state index is 0.600. The summed E-state index contributed by atoms with van der Waals surface area (Å²) in [4.78, 5) is 2.59. The zero-order valence-corrected chi connectivity index (χ0v) is 13.6. The van der Waals surface area contributed by atoms with Gasteiger partial charge in [0.2, 0.25) is 0 Å². The van der Waals surface area contributed by atoms with Crippen molar-refractivity contribution in [3.05, 3.63) is 35.9 Å². The molecule has 0 saturated carbocycles. The highest BCUT2D eigenvalue weighted by molar-refractivity contribution is 5.14. The largest absolute Gasteiger partial charge is 0.383 e. The number of hydrogen-bond donors (Lipinski definition) is 1. The summed E-state index contributed by atoms with van der Waals surface area (Å²) in [5.74, 6) is 0. The van der Waals surface area contributed by atoms with Crippen LogP contribution in [-0.4, -0.2) is 50.3 Å². The van der Waals surface area contributed by atoms with Crippen LogP contribution in [0.4, 0.5) is 0 Å². The predicted octanol–water partition coefficient (Wildman–Crippen LogP) is 2.71. The zero-order chi connectivity index (χ0) is 14.9.